The summed E-state index contributed by atoms with van der Waals surface area (Å²) in [4.78, 5) is 0. The van der Waals surface area contributed by atoms with Crippen molar-refractivity contribution in [1.82, 2.24) is 5.32 Å². The van der Waals surface area contributed by atoms with E-state index >= 15 is 0 Å². The number of hydrogen-bond acceptors (Lipinski definition) is 3. The van der Waals surface area contributed by atoms with Crippen LogP contribution in [-0.2, 0) is 0 Å². The molecule has 0 amide bonds. The number of anilines is 1. The first-order valence-corrected chi connectivity index (χ1v) is 7.14. The van der Waals surface area contributed by atoms with E-state index in [2.05, 4.69) is 40.4 Å². The van der Waals surface area contributed by atoms with Gasteiger partial charge in [0.2, 0.25) is 0 Å². The van der Waals surface area contributed by atoms with E-state index in [1.54, 1.807) is 0 Å². The third kappa shape index (κ3) is 3.70. The first kappa shape index (κ1) is 12.4. The van der Waals surface area contributed by atoms with Gasteiger partial charge >= 0.3 is 0 Å². The number of hydrogen-bond donors (Lipinski definition) is 2. The molecule has 1 fully saturated rings. The van der Waals surface area contributed by atoms with Crippen LogP contribution < -0.4 is 10.0 Å². The predicted molar refractivity (Wildman–Crippen MR) is 78.0 cm³/mol. The van der Waals surface area contributed by atoms with Gasteiger partial charge in [-0.05, 0) is 43.4 Å². The molecule has 0 saturated heterocycles. The molecule has 92 valence electrons. The third-order valence-electron chi connectivity index (χ3n) is 2.94. The van der Waals surface area contributed by atoms with Gasteiger partial charge in [0.15, 0.2) is 0 Å². The molecule has 1 aromatic rings. The van der Waals surface area contributed by atoms with Crippen LogP contribution in [-0.4, -0.2) is 12.8 Å². The Hall–Kier alpha value is -1.09. The summed E-state index contributed by atoms with van der Waals surface area (Å²) in [7, 11) is 1.96. The molecule has 2 N–H and O–H groups in total. The van der Waals surface area contributed by atoms with Gasteiger partial charge in [0.25, 0.3) is 0 Å². The van der Waals surface area contributed by atoms with Gasteiger partial charge in [-0.15, -0.1) is 0 Å². The summed E-state index contributed by atoms with van der Waals surface area (Å²) in [6.45, 7) is 2.05. The van der Waals surface area contributed by atoms with Crippen LogP contribution in [0.4, 0.5) is 5.69 Å². The molecule has 2 nitrogen and oxygen atoms in total. The highest BCUT2D eigenvalue weighted by Crippen LogP contribution is 2.32. The lowest BCUT2D eigenvalue weighted by Gasteiger charge is -2.09. The number of benzene rings is 1. The minimum Gasteiger partial charge on any atom is -0.388 e. The molecule has 0 heterocycles. The first-order valence-electron chi connectivity index (χ1n) is 6.15. The number of rotatable bonds is 6. The highest BCUT2D eigenvalue weighted by Gasteiger charge is 2.20. The monoisotopic (exact) mass is 248 g/mol. The highest BCUT2D eigenvalue weighted by atomic mass is 32.2. The van der Waals surface area contributed by atoms with Gasteiger partial charge in [0.05, 0.1) is 0 Å². The summed E-state index contributed by atoms with van der Waals surface area (Å²) in [6.07, 6.45) is 4.92. The lowest BCUT2D eigenvalue weighted by atomic mass is 10.1. The van der Waals surface area contributed by atoms with Gasteiger partial charge in [0.1, 0.15) is 0 Å². The van der Waals surface area contributed by atoms with Crippen molar-refractivity contribution in [2.75, 3.05) is 17.5 Å². The molecule has 1 aromatic carbocycles. The van der Waals surface area contributed by atoms with Crippen LogP contribution in [0.5, 0.6) is 0 Å². The molecule has 1 saturated carbocycles. The standard InChI is InChI=1S/C14H20N2S/c1-3-14(15-2)12-5-4-6-13(9-12)16-17-10-11-7-8-11/h3-6,9,11,15-16H,7-8,10H2,1-2H3/b14-3-. The number of nitrogens with one attached hydrogen (secondary N) is 2. The molecule has 0 spiro atoms. The fraction of sp³-hybridized carbons (Fsp3) is 0.429. The zero-order chi connectivity index (χ0) is 12.1. The Labute approximate surface area is 108 Å². The molecule has 2 rings (SSSR count). The zero-order valence-corrected chi connectivity index (χ0v) is 11.3. The van der Waals surface area contributed by atoms with Crippen molar-refractivity contribution in [2.45, 2.75) is 19.8 Å². The van der Waals surface area contributed by atoms with Crippen molar-refractivity contribution in [3.05, 3.63) is 35.9 Å². The predicted octanol–water partition coefficient (Wildman–Crippen LogP) is 3.74. The van der Waals surface area contributed by atoms with E-state index in [-0.39, 0.29) is 0 Å². The van der Waals surface area contributed by atoms with Gasteiger partial charge in [-0.1, -0.05) is 30.2 Å². The van der Waals surface area contributed by atoms with Gasteiger partial charge in [-0.25, -0.2) is 0 Å². The molecule has 0 aromatic heterocycles. The molecule has 0 atom stereocenters. The summed E-state index contributed by atoms with van der Waals surface area (Å²) < 4.78 is 3.42. The quantitative estimate of drug-likeness (QED) is 0.750. The van der Waals surface area contributed by atoms with E-state index in [1.165, 1.54) is 35.5 Å². The molecule has 0 bridgehead atoms. The molecule has 0 aliphatic heterocycles. The molecule has 0 radical (unpaired) electrons. The van der Waals surface area contributed by atoms with Gasteiger partial charge in [-0.2, -0.15) is 0 Å². The average molecular weight is 248 g/mol. The first-order chi connectivity index (χ1) is 8.33. The van der Waals surface area contributed by atoms with Crippen LogP contribution in [0.2, 0.25) is 0 Å². The minimum atomic E-state index is 0.957. The Morgan fingerprint density at radius 2 is 2.29 bits per heavy atom. The maximum atomic E-state index is 3.42. The molecular weight excluding hydrogens is 228 g/mol. The van der Waals surface area contributed by atoms with E-state index in [4.69, 9.17) is 0 Å². The molecular formula is C14H20N2S. The van der Waals surface area contributed by atoms with Crippen LogP contribution in [0.3, 0.4) is 0 Å². The molecule has 3 heteroatoms. The van der Waals surface area contributed by atoms with Crippen molar-refractivity contribution in [3.63, 3.8) is 0 Å². The normalized spacial score (nSPS) is 15.8. The Morgan fingerprint density at radius 1 is 1.47 bits per heavy atom. The number of allylic oxidation sites excluding steroid dienone is 1. The zero-order valence-electron chi connectivity index (χ0n) is 10.5. The fourth-order valence-electron chi connectivity index (χ4n) is 1.73. The van der Waals surface area contributed by atoms with E-state index in [9.17, 15) is 0 Å². The summed E-state index contributed by atoms with van der Waals surface area (Å²) in [6, 6.07) is 8.52. The average Bonchev–Trinajstić information content (AvgIpc) is 3.15. The summed E-state index contributed by atoms with van der Waals surface area (Å²) in [5.41, 5.74) is 3.58. The van der Waals surface area contributed by atoms with Crippen molar-refractivity contribution in [2.24, 2.45) is 5.92 Å². The minimum absolute atomic E-state index is 0.957. The lowest BCUT2D eigenvalue weighted by molar-refractivity contribution is 1.00. The van der Waals surface area contributed by atoms with Crippen LogP contribution in [0.15, 0.2) is 30.3 Å². The fourth-order valence-corrected chi connectivity index (χ4v) is 2.68. The van der Waals surface area contributed by atoms with E-state index in [0.717, 1.165) is 5.92 Å². The van der Waals surface area contributed by atoms with Crippen molar-refractivity contribution in [3.8, 4) is 0 Å². The second-order valence-corrected chi connectivity index (χ2v) is 5.22. The van der Waals surface area contributed by atoms with Crippen molar-refractivity contribution >= 4 is 23.3 Å². The van der Waals surface area contributed by atoms with Crippen LogP contribution in [0.25, 0.3) is 5.70 Å². The van der Waals surface area contributed by atoms with Gasteiger partial charge in [-0.3, -0.25) is 0 Å². The molecule has 0 unspecified atom stereocenters. The summed E-state index contributed by atoms with van der Waals surface area (Å²) >= 11 is 1.82. The molecule has 1 aliphatic rings. The third-order valence-corrected chi connectivity index (χ3v) is 3.96. The molecule has 1 aliphatic carbocycles. The summed E-state index contributed by atoms with van der Waals surface area (Å²) in [5, 5.41) is 3.21. The Morgan fingerprint density at radius 3 is 2.94 bits per heavy atom. The van der Waals surface area contributed by atoms with Gasteiger partial charge < -0.3 is 10.0 Å². The Kier molecular flexibility index (Phi) is 4.37. The second kappa shape index (κ2) is 6.01. The maximum Gasteiger partial charge on any atom is 0.0446 e. The second-order valence-electron chi connectivity index (χ2n) is 4.39. The van der Waals surface area contributed by atoms with Crippen molar-refractivity contribution in [1.29, 1.82) is 0 Å². The van der Waals surface area contributed by atoms with Gasteiger partial charge in [0, 0.05) is 24.2 Å². The topological polar surface area (TPSA) is 24.1 Å². The van der Waals surface area contributed by atoms with Crippen molar-refractivity contribution < 1.29 is 0 Å². The SMILES string of the molecule is C/C=C(\NC)c1cccc(NSCC2CC2)c1. The van der Waals surface area contributed by atoms with E-state index in [0.29, 0.717) is 0 Å². The highest BCUT2D eigenvalue weighted by molar-refractivity contribution is 8.00. The van der Waals surface area contributed by atoms with E-state index < -0.39 is 0 Å². The van der Waals surface area contributed by atoms with Crippen LogP contribution >= 0.6 is 11.9 Å². The lowest BCUT2D eigenvalue weighted by Crippen LogP contribution is -2.04. The largest absolute Gasteiger partial charge is 0.388 e. The Bertz CT molecular complexity index is 397. The molecule has 17 heavy (non-hydrogen) atoms. The smallest absolute Gasteiger partial charge is 0.0446 e. The van der Waals surface area contributed by atoms with Crippen LogP contribution in [0, 0.1) is 5.92 Å². The van der Waals surface area contributed by atoms with Crippen LogP contribution in [0.1, 0.15) is 25.3 Å². The van der Waals surface area contributed by atoms with E-state index in [1.807, 2.05) is 25.9 Å². The maximum absolute atomic E-state index is 3.42. The Balaban J connectivity index is 1.94. The summed E-state index contributed by atoms with van der Waals surface area (Å²) in [5.74, 6) is 2.19.